The molecular weight excluding hydrogens is 226 g/mol. The molecule has 1 aromatic rings. The maximum atomic E-state index is 5.36. The van der Waals surface area contributed by atoms with Gasteiger partial charge in [0.1, 0.15) is 0 Å². The van der Waals surface area contributed by atoms with Crippen molar-refractivity contribution in [2.75, 3.05) is 19.5 Å². The largest absolute Gasteiger partial charge is 0.493 e. The van der Waals surface area contributed by atoms with E-state index in [1.807, 2.05) is 12.1 Å². The second-order valence-electron chi connectivity index (χ2n) is 5.18. The standard InChI is InChI=1S/C15H23NO2/c1-10-6-5-7-12(10)16-13-9-15(18-4)14(17-3)8-11(13)2/h8-10,12,16H,5-7H2,1-4H3. The SMILES string of the molecule is COc1cc(C)c(NC2CCCC2C)cc1OC. The number of aryl methyl sites for hydroxylation is 1. The second kappa shape index (κ2) is 5.51. The number of hydrogen-bond donors (Lipinski definition) is 1. The number of benzene rings is 1. The first-order valence-corrected chi connectivity index (χ1v) is 6.65. The van der Waals surface area contributed by atoms with E-state index < -0.39 is 0 Å². The lowest BCUT2D eigenvalue weighted by Crippen LogP contribution is -2.22. The lowest BCUT2D eigenvalue weighted by molar-refractivity contribution is 0.355. The van der Waals surface area contributed by atoms with Gasteiger partial charge < -0.3 is 14.8 Å². The minimum absolute atomic E-state index is 0.585. The average Bonchev–Trinajstić information content (AvgIpc) is 2.77. The average molecular weight is 249 g/mol. The third-order valence-electron chi connectivity index (χ3n) is 3.93. The number of anilines is 1. The first-order chi connectivity index (χ1) is 8.65. The van der Waals surface area contributed by atoms with Crippen LogP contribution < -0.4 is 14.8 Å². The molecule has 0 aromatic heterocycles. The molecule has 1 fully saturated rings. The summed E-state index contributed by atoms with van der Waals surface area (Å²) in [6.07, 6.45) is 3.91. The zero-order valence-electron chi connectivity index (χ0n) is 11.7. The Balaban J connectivity index is 2.22. The maximum Gasteiger partial charge on any atom is 0.162 e. The molecule has 100 valence electrons. The summed E-state index contributed by atoms with van der Waals surface area (Å²) >= 11 is 0. The van der Waals surface area contributed by atoms with Gasteiger partial charge >= 0.3 is 0 Å². The number of nitrogens with one attached hydrogen (secondary N) is 1. The molecule has 0 aliphatic heterocycles. The normalized spacial score (nSPS) is 22.9. The van der Waals surface area contributed by atoms with Gasteiger partial charge in [0.05, 0.1) is 14.2 Å². The highest BCUT2D eigenvalue weighted by Gasteiger charge is 2.23. The third-order valence-corrected chi connectivity index (χ3v) is 3.93. The molecule has 0 heterocycles. The Morgan fingerprint density at radius 1 is 1.11 bits per heavy atom. The molecule has 3 heteroatoms. The molecule has 2 unspecified atom stereocenters. The molecule has 18 heavy (non-hydrogen) atoms. The van der Waals surface area contributed by atoms with Crippen LogP contribution >= 0.6 is 0 Å². The van der Waals surface area contributed by atoms with Crippen molar-refractivity contribution in [3.63, 3.8) is 0 Å². The van der Waals surface area contributed by atoms with Gasteiger partial charge in [0.15, 0.2) is 11.5 Å². The van der Waals surface area contributed by atoms with Crippen LogP contribution in [0.5, 0.6) is 11.5 Å². The van der Waals surface area contributed by atoms with Crippen molar-refractivity contribution >= 4 is 5.69 Å². The lowest BCUT2D eigenvalue weighted by atomic mass is 10.1. The van der Waals surface area contributed by atoms with Crippen LogP contribution in [0, 0.1) is 12.8 Å². The minimum Gasteiger partial charge on any atom is -0.493 e. The molecule has 1 saturated carbocycles. The summed E-state index contributed by atoms with van der Waals surface area (Å²) in [4.78, 5) is 0. The topological polar surface area (TPSA) is 30.5 Å². The number of rotatable bonds is 4. The minimum atomic E-state index is 0.585. The van der Waals surface area contributed by atoms with Gasteiger partial charge in [0, 0.05) is 17.8 Å². The van der Waals surface area contributed by atoms with E-state index in [0.717, 1.165) is 23.1 Å². The van der Waals surface area contributed by atoms with Crippen LogP contribution in [0.4, 0.5) is 5.69 Å². The van der Waals surface area contributed by atoms with Gasteiger partial charge in [0.25, 0.3) is 0 Å². The Labute approximate surface area is 109 Å². The Kier molecular flexibility index (Phi) is 4.00. The molecule has 1 N–H and O–H groups in total. The molecule has 1 aliphatic rings. The van der Waals surface area contributed by atoms with Gasteiger partial charge in [-0.2, -0.15) is 0 Å². The van der Waals surface area contributed by atoms with E-state index in [4.69, 9.17) is 9.47 Å². The summed E-state index contributed by atoms with van der Waals surface area (Å²) in [6.45, 7) is 4.42. The van der Waals surface area contributed by atoms with E-state index in [-0.39, 0.29) is 0 Å². The Morgan fingerprint density at radius 2 is 1.78 bits per heavy atom. The van der Waals surface area contributed by atoms with Crippen molar-refractivity contribution in [2.45, 2.75) is 39.2 Å². The predicted molar refractivity (Wildman–Crippen MR) is 74.7 cm³/mol. The highest BCUT2D eigenvalue weighted by atomic mass is 16.5. The number of methoxy groups -OCH3 is 2. The van der Waals surface area contributed by atoms with Crippen LogP contribution in [0.3, 0.4) is 0 Å². The highest BCUT2D eigenvalue weighted by Crippen LogP contribution is 2.35. The van der Waals surface area contributed by atoms with Crippen LogP contribution in [0.25, 0.3) is 0 Å². The molecule has 2 rings (SSSR count). The van der Waals surface area contributed by atoms with E-state index >= 15 is 0 Å². The van der Waals surface area contributed by atoms with Crippen molar-refractivity contribution in [3.8, 4) is 11.5 Å². The van der Waals surface area contributed by atoms with Crippen LogP contribution in [0.1, 0.15) is 31.7 Å². The van der Waals surface area contributed by atoms with Gasteiger partial charge in [-0.1, -0.05) is 13.3 Å². The van der Waals surface area contributed by atoms with Gasteiger partial charge in [-0.25, -0.2) is 0 Å². The Hall–Kier alpha value is -1.38. The van der Waals surface area contributed by atoms with Crippen molar-refractivity contribution < 1.29 is 9.47 Å². The van der Waals surface area contributed by atoms with Crippen molar-refractivity contribution in [2.24, 2.45) is 5.92 Å². The molecule has 2 atom stereocenters. The van der Waals surface area contributed by atoms with Crippen LogP contribution in [-0.4, -0.2) is 20.3 Å². The van der Waals surface area contributed by atoms with Crippen molar-refractivity contribution in [3.05, 3.63) is 17.7 Å². The monoisotopic (exact) mass is 249 g/mol. The van der Waals surface area contributed by atoms with Gasteiger partial charge in [-0.05, 0) is 37.3 Å². The molecule has 0 amide bonds. The molecule has 0 bridgehead atoms. The Bertz CT molecular complexity index is 417. The summed E-state index contributed by atoms with van der Waals surface area (Å²) < 4.78 is 10.7. The summed E-state index contributed by atoms with van der Waals surface area (Å²) in [5, 5.41) is 3.65. The molecule has 0 saturated heterocycles. The molecule has 0 spiro atoms. The fourth-order valence-corrected chi connectivity index (χ4v) is 2.70. The Morgan fingerprint density at radius 3 is 2.33 bits per heavy atom. The third kappa shape index (κ3) is 2.55. The van der Waals surface area contributed by atoms with Crippen molar-refractivity contribution in [1.82, 2.24) is 0 Å². The van der Waals surface area contributed by atoms with Gasteiger partial charge in [-0.3, -0.25) is 0 Å². The first-order valence-electron chi connectivity index (χ1n) is 6.65. The van der Waals surface area contributed by atoms with E-state index in [0.29, 0.717) is 6.04 Å². The lowest BCUT2D eigenvalue weighted by Gasteiger charge is -2.21. The summed E-state index contributed by atoms with van der Waals surface area (Å²) in [5.74, 6) is 2.33. The number of hydrogen-bond acceptors (Lipinski definition) is 3. The highest BCUT2D eigenvalue weighted by molar-refractivity contribution is 5.60. The van der Waals surface area contributed by atoms with Gasteiger partial charge in [0.2, 0.25) is 0 Å². The van der Waals surface area contributed by atoms with E-state index in [2.05, 4.69) is 19.2 Å². The number of ether oxygens (including phenoxy) is 2. The molecule has 3 nitrogen and oxygen atoms in total. The maximum absolute atomic E-state index is 5.36. The van der Waals surface area contributed by atoms with E-state index in [1.165, 1.54) is 24.8 Å². The zero-order valence-corrected chi connectivity index (χ0v) is 11.7. The van der Waals surface area contributed by atoms with Crippen LogP contribution in [0.2, 0.25) is 0 Å². The second-order valence-corrected chi connectivity index (χ2v) is 5.18. The summed E-state index contributed by atoms with van der Waals surface area (Å²) in [5.41, 5.74) is 2.36. The zero-order chi connectivity index (χ0) is 13.1. The van der Waals surface area contributed by atoms with Crippen molar-refractivity contribution in [1.29, 1.82) is 0 Å². The fraction of sp³-hybridized carbons (Fsp3) is 0.600. The molecular formula is C15H23NO2. The molecule has 1 aromatic carbocycles. The van der Waals surface area contributed by atoms with E-state index in [9.17, 15) is 0 Å². The fourth-order valence-electron chi connectivity index (χ4n) is 2.70. The summed E-state index contributed by atoms with van der Waals surface area (Å²) in [7, 11) is 3.35. The van der Waals surface area contributed by atoms with Crippen LogP contribution in [-0.2, 0) is 0 Å². The molecule has 0 radical (unpaired) electrons. The predicted octanol–water partition coefficient (Wildman–Crippen LogP) is 3.61. The summed E-state index contributed by atoms with van der Waals surface area (Å²) in [6, 6.07) is 4.65. The quantitative estimate of drug-likeness (QED) is 0.884. The first kappa shape index (κ1) is 13.1. The van der Waals surface area contributed by atoms with Gasteiger partial charge in [-0.15, -0.1) is 0 Å². The molecule has 1 aliphatic carbocycles. The van der Waals surface area contributed by atoms with E-state index in [1.54, 1.807) is 14.2 Å². The van der Waals surface area contributed by atoms with Crippen LogP contribution in [0.15, 0.2) is 12.1 Å². The smallest absolute Gasteiger partial charge is 0.162 e.